The SMILES string of the molecule is C[C@H](Nc1ccnc(-c2c[nH]c3ncc(Cl)cc23)n1)C(=O)NCC(F)(F)F.[HH].[HH].[HH]. The molecular weight excluding hydrogens is 385 g/mol. The smallest absolute Gasteiger partial charge is 0.359 e. The zero-order valence-corrected chi connectivity index (χ0v) is 14.7. The molecule has 0 unspecified atom stereocenters. The van der Waals surface area contributed by atoms with Crippen LogP contribution in [0.5, 0.6) is 0 Å². The van der Waals surface area contributed by atoms with E-state index >= 15 is 0 Å². The average molecular weight is 405 g/mol. The molecule has 7 nitrogen and oxygen atoms in total. The molecule has 1 amide bonds. The van der Waals surface area contributed by atoms with E-state index in [1.807, 2.05) is 5.32 Å². The number of carbonyl (C=O) groups is 1. The molecule has 148 valence electrons. The maximum atomic E-state index is 12.2. The second kappa shape index (κ2) is 7.39. The van der Waals surface area contributed by atoms with Crippen LogP contribution in [0.4, 0.5) is 19.0 Å². The number of hydrogen-bond acceptors (Lipinski definition) is 5. The lowest BCUT2D eigenvalue weighted by molar-refractivity contribution is -0.138. The van der Waals surface area contributed by atoms with E-state index < -0.39 is 24.7 Å². The van der Waals surface area contributed by atoms with Gasteiger partial charge < -0.3 is 15.6 Å². The third-order valence-corrected chi connectivity index (χ3v) is 3.82. The van der Waals surface area contributed by atoms with Gasteiger partial charge in [-0.3, -0.25) is 4.79 Å². The molecule has 0 aromatic carbocycles. The van der Waals surface area contributed by atoms with Crippen molar-refractivity contribution in [3.05, 3.63) is 35.7 Å². The highest BCUT2D eigenvalue weighted by Gasteiger charge is 2.28. The number of rotatable bonds is 5. The Hall–Kier alpha value is -2.88. The van der Waals surface area contributed by atoms with Gasteiger partial charge in [0.15, 0.2) is 5.82 Å². The minimum atomic E-state index is -4.47. The van der Waals surface area contributed by atoms with Crippen molar-refractivity contribution in [1.29, 1.82) is 0 Å². The summed E-state index contributed by atoms with van der Waals surface area (Å²) < 4.78 is 36.6. The zero-order valence-electron chi connectivity index (χ0n) is 13.9. The Bertz CT molecular complexity index is 988. The Kier molecular flexibility index (Phi) is 5.17. The van der Waals surface area contributed by atoms with Gasteiger partial charge in [-0.1, -0.05) is 11.6 Å². The van der Waals surface area contributed by atoms with E-state index in [-0.39, 0.29) is 4.28 Å². The van der Waals surface area contributed by atoms with Gasteiger partial charge in [-0.15, -0.1) is 0 Å². The number of pyridine rings is 1. The van der Waals surface area contributed by atoms with Crippen molar-refractivity contribution in [3.8, 4) is 11.4 Å². The van der Waals surface area contributed by atoms with Crippen molar-refractivity contribution in [2.24, 2.45) is 0 Å². The second-order valence-electron chi connectivity index (χ2n) is 5.72. The summed E-state index contributed by atoms with van der Waals surface area (Å²) in [5, 5.41) is 5.74. The minimum Gasteiger partial charge on any atom is -0.359 e. The molecule has 0 saturated heterocycles. The number of aromatic amines is 1. The average Bonchev–Trinajstić information content (AvgIpc) is 3.02. The fraction of sp³-hybridized carbons (Fsp3) is 0.250. The van der Waals surface area contributed by atoms with Crippen LogP contribution in [0.1, 0.15) is 11.2 Å². The number of amides is 1. The third-order valence-electron chi connectivity index (χ3n) is 3.61. The van der Waals surface area contributed by atoms with Crippen LogP contribution < -0.4 is 10.6 Å². The zero-order chi connectivity index (χ0) is 19.6. The van der Waals surface area contributed by atoms with E-state index in [0.717, 1.165) is 5.39 Å². The van der Waals surface area contributed by atoms with Crippen molar-refractivity contribution in [3.63, 3.8) is 0 Å². The molecule has 0 saturated carbocycles. The maximum absolute atomic E-state index is 12.2. The number of fused-ring (bicyclic) bond motifs is 1. The number of anilines is 1. The van der Waals surface area contributed by atoms with Crippen LogP contribution in [0.15, 0.2) is 30.7 Å². The summed E-state index contributed by atoms with van der Waals surface area (Å²) in [6.45, 7) is 0.0405. The molecule has 0 aliphatic heterocycles. The molecule has 3 rings (SSSR count). The maximum Gasteiger partial charge on any atom is 0.405 e. The number of nitrogens with zero attached hydrogens (tertiary/aromatic N) is 3. The van der Waals surface area contributed by atoms with E-state index in [1.54, 1.807) is 12.3 Å². The highest BCUT2D eigenvalue weighted by molar-refractivity contribution is 6.31. The van der Waals surface area contributed by atoms with Crippen LogP contribution in [-0.4, -0.2) is 44.6 Å². The van der Waals surface area contributed by atoms with Gasteiger partial charge in [0.1, 0.15) is 24.1 Å². The summed E-state index contributed by atoms with van der Waals surface area (Å²) in [6, 6.07) is 2.30. The predicted octanol–water partition coefficient (Wildman–Crippen LogP) is 3.89. The number of aromatic nitrogens is 4. The van der Waals surface area contributed by atoms with Crippen molar-refractivity contribution in [2.75, 3.05) is 11.9 Å². The molecule has 0 spiro atoms. The summed E-state index contributed by atoms with van der Waals surface area (Å²) in [5.74, 6) is -0.159. The quantitative estimate of drug-likeness (QED) is 0.599. The lowest BCUT2D eigenvalue weighted by atomic mass is 10.2. The summed E-state index contributed by atoms with van der Waals surface area (Å²) in [7, 11) is 0. The number of H-pyrrole nitrogens is 1. The fourth-order valence-electron chi connectivity index (χ4n) is 2.36. The van der Waals surface area contributed by atoms with Gasteiger partial charge >= 0.3 is 6.18 Å². The fourth-order valence-corrected chi connectivity index (χ4v) is 2.52. The molecule has 0 bridgehead atoms. The summed E-state index contributed by atoms with van der Waals surface area (Å²) >= 11 is 5.98. The summed E-state index contributed by atoms with van der Waals surface area (Å²) in [5.41, 5.74) is 1.26. The number of halogens is 4. The second-order valence-corrected chi connectivity index (χ2v) is 6.15. The van der Waals surface area contributed by atoms with Crippen molar-refractivity contribution >= 4 is 34.4 Å². The number of carbonyl (C=O) groups excluding carboxylic acids is 1. The van der Waals surface area contributed by atoms with Gasteiger partial charge in [-0.25, -0.2) is 15.0 Å². The Labute approximate surface area is 160 Å². The Morgan fingerprint density at radius 3 is 2.93 bits per heavy atom. The first-order valence-corrected chi connectivity index (χ1v) is 8.18. The molecule has 3 N–H and O–H groups in total. The van der Waals surface area contributed by atoms with Crippen molar-refractivity contribution in [2.45, 2.75) is 19.1 Å². The van der Waals surface area contributed by atoms with Gasteiger partial charge in [-0.05, 0) is 19.1 Å². The van der Waals surface area contributed by atoms with Crippen LogP contribution in [0, 0.1) is 0 Å². The van der Waals surface area contributed by atoms with E-state index in [9.17, 15) is 18.0 Å². The summed E-state index contributed by atoms with van der Waals surface area (Å²) in [6.07, 6.45) is 0.181. The van der Waals surface area contributed by atoms with E-state index in [0.29, 0.717) is 27.9 Å². The highest BCUT2D eigenvalue weighted by atomic mass is 35.5. The van der Waals surface area contributed by atoms with Gasteiger partial charge in [-0.2, -0.15) is 13.2 Å². The van der Waals surface area contributed by atoms with Crippen molar-refractivity contribution in [1.82, 2.24) is 25.3 Å². The van der Waals surface area contributed by atoms with Crippen LogP contribution in [0.2, 0.25) is 5.02 Å². The van der Waals surface area contributed by atoms with Gasteiger partial charge in [0.05, 0.1) is 5.02 Å². The normalized spacial score (nSPS) is 12.8. The topological polar surface area (TPSA) is 95.6 Å². The molecule has 0 aliphatic rings. The Balaban J connectivity index is 0.00000280. The van der Waals surface area contributed by atoms with E-state index in [1.165, 1.54) is 25.4 Å². The van der Waals surface area contributed by atoms with Crippen LogP contribution in [0.3, 0.4) is 0 Å². The van der Waals surface area contributed by atoms with Crippen molar-refractivity contribution < 1.29 is 22.2 Å². The first kappa shape index (κ1) is 18.9. The molecule has 0 fully saturated rings. The van der Waals surface area contributed by atoms with Gasteiger partial charge in [0, 0.05) is 33.8 Å². The molecule has 0 aliphatic carbocycles. The first-order chi connectivity index (χ1) is 12.7. The number of nitrogens with one attached hydrogen (secondary N) is 3. The van der Waals surface area contributed by atoms with Gasteiger partial charge in [0.2, 0.25) is 5.91 Å². The molecule has 27 heavy (non-hydrogen) atoms. The first-order valence-electron chi connectivity index (χ1n) is 7.80. The molecule has 3 heterocycles. The molecule has 3 aromatic heterocycles. The van der Waals surface area contributed by atoms with E-state index in [4.69, 9.17) is 11.6 Å². The van der Waals surface area contributed by atoms with Crippen LogP contribution >= 0.6 is 11.6 Å². The third kappa shape index (κ3) is 4.64. The highest BCUT2D eigenvalue weighted by Crippen LogP contribution is 2.27. The molecule has 1 atom stereocenters. The molecule has 11 heteroatoms. The van der Waals surface area contributed by atoms with E-state index in [2.05, 4.69) is 25.3 Å². The minimum absolute atomic E-state index is 0. The summed E-state index contributed by atoms with van der Waals surface area (Å²) in [4.78, 5) is 27.4. The lowest BCUT2D eigenvalue weighted by Crippen LogP contribution is -2.42. The molecular formula is C16H20ClF3N6O. The largest absolute Gasteiger partial charge is 0.405 e. The molecule has 3 aromatic rings. The standard InChI is InChI=1S/C16H14ClF3N6O.3H2/c1-8(15(27)24-7-16(18,19)20)25-12-2-3-21-14(26-12)11-6-23-13-10(11)4-9(17)5-22-13;;;/h2-6,8H,7H2,1H3,(H,22,23)(H,24,27)(H,21,25,26);3*1H/t8-;;;/m0.../s1. The van der Waals surface area contributed by atoms with Gasteiger partial charge in [0.25, 0.3) is 0 Å². The van der Waals surface area contributed by atoms with Crippen LogP contribution in [-0.2, 0) is 4.79 Å². The molecule has 0 radical (unpaired) electrons. The predicted molar refractivity (Wildman–Crippen MR) is 101 cm³/mol. The van der Waals surface area contributed by atoms with Crippen LogP contribution in [0.25, 0.3) is 22.4 Å². The number of hydrogen-bond donors (Lipinski definition) is 3. The Morgan fingerprint density at radius 2 is 2.19 bits per heavy atom. The lowest BCUT2D eigenvalue weighted by Gasteiger charge is -2.15. The number of alkyl halides is 3. The Morgan fingerprint density at radius 1 is 1.41 bits per heavy atom. The monoisotopic (exact) mass is 404 g/mol.